The lowest BCUT2D eigenvalue weighted by molar-refractivity contribution is 0.156. The topological polar surface area (TPSA) is 49.4 Å². The van der Waals surface area contributed by atoms with Crippen molar-refractivity contribution >= 4 is 9.84 Å². The molecule has 1 saturated heterocycles. The maximum Gasteiger partial charge on any atom is 0.153 e. The van der Waals surface area contributed by atoms with Crippen LogP contribution in [0.3, 0.4) is 0 Å². The third-order valence-corrected chi connectivity index (χ3v) is 5.50. The summed E-state index contributed by atoms with van der Waals surface area (Å²) in [4.78, 5) is 2.30. The number of sulfone groups is 1. The van der Waals surface area contributed by atoms with Crippen LogP contribution in [0.1, 0.15) is 18.5 Å². The largest absolute Gasteiger partial charge is 0.318 e. The van der Waals surface area contributed by atoms with Crippen LogP contribution in [-0.4, -0.2) is 51.0 Å². The van der Waals surface area contributed by atoms with E-state index in [0.29, 0.717) is 6.54 Å². The van der Waals surface area contributed by atoms with Crippen molar-refractivity contribution in [3.63, 3.8) is 0 Å². The van der Waals surface area contributed by atoms with Crippen LogP contribution in [-0.2, 0) is 9.84 Å². The van der Waals surface area contributed by atoms with Crippen molar-refractivity contribution in [3.05, 3.63) is 35.9 Å². The number of hydrogen-bond donors (Lipinski definition) is 1. The van der Waals surface area contributed by atoms with Crippen molar-refractivity contribution in [1.29, 1.82) is 0 Å². The lowest BCUT2D eigenvalue weighted by Crippen LogP contribution is -2.50. The van der Waals surface area contributed by atoms with E-state index in [0.717, 1.165) is 6.54 Å². The highest BCUT2D eigenvalue weighted by Gasteiger charge is 2.32. The van der Waals surface area contributed by atoms with Crippen LogP contribution in [0, 0.1) is 0 Å². The summed E-state index contributed by atoms with van der Waals surface area (Å²) in [5.74, 6) is 0.532. The summed E-state index contributed by atoms with van der Waals surface area (Å²) in [6, 6.07) is 10.6. The van der Waals surface area contributed by atoms with E-state index in [9.17, 15) is 8.42 Å². The Morgan fingerprint density at radius 3 is 2.63 bits per heavy atom. The van der Waals surface area contributed by atoms with Gasteiger partial charge in [-0.05, 0) is 19.5 Å². The van der Waals surface area contributed by atoms with Gasteiger partial charge in [0, 0.05) is 25.2 Å². The summed E-state index contributed by atoms with van der Waals surface area (Å²) in [5, 5.41) is 3.21. The second kappa shape index (κ2) is 6.03. The number of hydrogen-bond acceptors (Lipinski definition) is 4. The van der Waals surface area contributed by atoms with Crippen molar-refractivity contribution in [2.75, 3.05) is 31.6 Å². The molecule has 0 bridgehead atoms. The van der Waals surface area contributed by atoms with E-state index in [1.807, 2.05) is 32.2 Å². The molecule has 1 fully saturated rings. The van der Waals surface area contributed by atoms with E-state index in [4.69, 9.17) is 0 Å². The van der Waals surface area contributed by atoms with Crippen LogP contribution >= 0.6 is 0 Å². The fourth-order valence-corrected chi connectivity index (χ4v) is 4.35. The normalized spacial score (nSPS) is 25.1. The Morgan fingerprint density at radius 2 is 2.05 bits per heavy atom. The second-order valence-corrected chi connectivity index (χ2v) is 7.41. The molecule has 1 heterocycles. The Balaban J connectivity index is 2.21. The standard InChI is InChI=1S/C14H22N2O2S/c1-12-11-19(17,18)9-8-16(12)14(10-15-2)13-6-4-3-5-7-13/h3-7,12,14-15H,8-11H2,1-2H3. The molecule has 4 nitrogen and oxygen atoms in total. The van der Waals surface area contributed by atoms with Crippen molar-refractivity contribution in [3.8, 4) is 0 Å². The first-order valence-electron chi connectivity index (χ1n) is 6.69. The highest BCUT2D eigenvalue weighted by molar-refractivity contribution is 7.91. The molecule has 2 unspecified atom stereocenters. The Hall–Kier alpha value is -0.910. The van der Waals surface area contributed by atoms with Crippen LogP contribution in [0.25, 0.3) is 0 Å². The predicted molar refractivity (Wildman–Crippen MR) is 77.9 cm³/mol. The number of nitrogens with zero attached hydrogens (tertiary/aromatic N) is 1. The van der Waals surface area contributed by atoms with E-state index in [2.05, 4.69) is 22.3 Å². The van der Waals surface area contributed by atoms with Crippen molar-refractivity contribution in [2.45, 2.75) is 19.0 Å². The molecule has 0 aliphatic carbocycles. The van der Waals surface area contributed by atoms with Gasteiger partial charge in [-0.1, -0.05) is 30.3 Å². The van der Waals surface area contributed by atoms with Crippen molar-refractivity contribution in [1.82, 2.24) is 10.2 Å². The molecule has 106 valence electrons. The van der Waals surface area contributed by atoms with Gasteiger partial charge in [-0.15, -0.1) is 0 Å². The highest BCUT2D eigenvalue weighted by atomic mass is 32.2. The van der Waals surface area contributed by atoms with Gasteiger partial charge in [0.05, 0.1) is 11.5 Å². The SMILES string of the molecule is CNCC(c1ccccc1)N1CCS(=O)(=O)CC1C. The lowest BCUT2D eigenvalue weighted by atomic mass is 10.0. The minimum absolute atomic E-state index is 0.0670. The fraction of sp³-hybridized carbons (Fsp3) is 0.571. The van der Waals surface area contributed by atoms with Crippen LogP contribution in [0.4, 0.5) is 0 Å². The zero-order chi connectivity index (χ0) is 13.9. The van der Waals surface area contributed by atoms with Gasteiger partial charge in [0.25, 0.3) is 0 Å². The molecular weight excluding hydrogens is 260 g/mol. The van der Waals surface area contributed by atoms with Crippen LogP contribution in [0.15, 0.2) is 30.3 Å². The van der Waals surface area contributed by atoms with Gasteiger partial charge < -0.3 is 5.32 Å². The van der Waals surface area contributed by atoms with Gasteiger partial charge in [-0.3, -0.25) is 4.90 Å². The molecule has 1 N–H and O–H groups in total. The zero-order valence-electron chi connectivity index (χ0n) is 11.5. The first kappa shape index (κ1) is 14.5. The number of benzene rings is 1. The summed E-state index contributed by atoms with van der Waals surface area (Å²) < 4.78 is 23.4. The van der Waals surface area contributed by atoms with Gasteiger partial charge >= 0.3 is 0 Å². The molecule has 2 atom stereocenters. The summed E-state index contributed by atoms with van der Waals surface area (Å²) in [6.45, 7) is 3.45. The van der Waals surface area contributed by atoms with E-state index < -0.39 is 9.84 Å². The van der Waals surface area contributed by atoms with Gasteiger partial charge in [0.2, 0.25) is 0 Å². The summed E-state index contributed by atoms with van der Waals surface area (Å²) in [5.41, 5.74) is 1.24. The van der Waals surface area contributed by atoms with E-state index in [1.165, 1.54) is 5.56 Å². The van der Waals surface area contributed by atoms with E-state index in [1.54, 1.807) is 0 Å². The fourth-order valence-electron chi connectivity index (χ4n) is 2.77. The average Bonchev–Trinajstić information content (AvgIpc) is 2.37. The summed E-state index contributed by atoms with van der Waals surface area (Å²) >= 11 is 0. The van der Waals surface area contributed by atoms with Crippen LogP contribution in [0.5, 0.6) is 0 Å². The minimum Gasteiger partial charge on any atom is -0.318 e. The number of likely N-dealkylation sites (N-methyl/N-ethyl adjacent to an activating group) is 1. The molecule has 1 aromatic carbocycles. The smallest absolute Gasteiger partial charge is 0.153 e. The monoisotopic (exact) mass is 282 g/mol. The molecule has 2 rings (SSSR count). The van der Waals surface area contributed by atoms with Crippen molar-refractivity contribution in [2.24, 2.45) is 0 Å². The molecule has 5 heteroatoms. The molecule has 1 aliphatic heterocycles. The second-order valence-electron chi connectivity index (χ2n) is 5.19. The summed E-state index contributed by atoms with van der Waals surface area (Å²) in [6.07, 6.45) is 0. The predicted octanol–water partition coefficient (Wildman–Crippen LogP) is 1.07. The maximum absolute atomic E-state index is 11.7. The first-order chi connectivity index (χ1) is 9.03. The lowest BCUT2D eigenvalue weighted by Gasteiger charge is -2.39. The maximum atomic E-state index is 11.7. The van der Waals surface area contributed by atoms with Crippen LogP contribution in [0.2, 0.25) is 0 Å². The molecule has 0 saturated carbocycles. The molecule has 0 amide bonds. The molecule has 19 heavy (non-hydrogen) atoms. The zero-order valence-corrected chi connectivity index (χ0v) is 12.4. The van der Waals surface area contributed by atoms with E-state index >= 15 is 0 Å². The molecule has 0 radical (unpaired) electrons. The third kappa shape index (κ3) is 3.55. The molecule has 0 spiro atoms. The van der Waals surface area contributed by atoms with Crippen molar-refractivity contribution < 1.29 is 8.42 Å². The van der Waals surface area contributed by atoms with Gasteiger partial charge in [0.15, 0.2) is 9.84 Å². The minimum atomic E-state index is -2.86. The van der Waals surface area contributed by atoms with Gasteiger partial charge in [-0.2, -0.15) is 0 Å². The molecule has 1 aromatic rings. The molecular formula is C14H22N2O2S. The Labute approximate surface area is 115 Å². The summed E-state index contributed by atoms with van der Waals surface area (Å²) in [7, 11) is -0.926. The molecule has 0 aromatic heterocycles. The Kier molecular flexibility index (Phi) is 4.60. The molecule has 1 aliphatic rings. The quantitative estimate of drug-likeness (QED) is 0.897. The third-order valence-electron chi connectivity index (χ3n) is 3.70. The first-order valence-corrected chi connectivity index (χ1v) is 8.51. The van der Waals surface area contributed by atoms with E-state index in [-0.39, 0.29) is 23.6 Å². The highest BCUT2D eigenvalue weighted by Crippen LogP contribution is 2.25. The number of nitrogens with one attached hydrogen (secondary N) is 1. The van der Waals surface area contributed by atoms with Gasteiger partial charge in [-0.25, -0.2) is 8.42 Å². The average molecular weight is 282 g/mol. The number of rotatable bonds is 4. The Morgan fingerprint density at radius 1 is 1.37 bits per heavy atom. The Bertz CT molecular complexity index is 501. The van der Waals surface area contributed by atoms with Gasteiger partial charge in [0.1, 0.15) is 0 Å². The van der Waals surface area contributed by atoms with Crippen LogP contribution < -0.4 is 5.32 Å².